The van der Waals surface area contributed by atoms with Gasteiger partial charge in [0.2, 0.25) is 0 Å². The Balaban J connectivity index is 2.12. The lowest BCUT2D eigenvalue weighted by molar-refractivity contribution is 0.471. The van der Waals surface area contributed by atoms with Crippen molar-refractivity contribution >= 4 is 0 Å². The molecular formula is C17H20F2N2. The lowest BCUT2D eigenvalue weighted by Crippen LogP contribution is -2.34. The van der Waals surface area contributed by atoms with Crippen molar-refractivity contribution in [2.24, 2.45) is 0 Å². The summed E-state index contributed by atoms with van der Waals surface area (Å²) in [6, 6.07) is 9.66. The maximum Gasteiger partial charge on any atom is 0.129 e. The lowest BCUT2D eigenvalue weighted by atomic mass is 10.0. The van der Waals surface area contributed by atoms with Crippen LogP contribution in [0.25, 0.3) is 0 Å². The molecule has 1 N–H and O–H groups in total. The molecule has 0 bridgehead atoms. The molecule has 112 valence electrons. The zero-order valence-corrected chi connectivity index (χ0v) is 12.2. The summed E-state index contributed by atoms with van der Waals surface area (Å²) >= 11 is 0. The van der Waals surface area contributed by atoms with Crippen molar-refractivity contribution < 1.29 is 8.78 Å². The second kappa shape index (κ2) is 7.84. The molecule has 0 radical (unpaired) electrons. The quantitative estimate of drug-likeness (QED) is 0.844. The summed E-state index contributed by atoms with van der Waals surface area (Å²) in [6.45, 7) is 2.88. The minimum absolute atomic E-state index is 0.0359. The molecule has 1 atom stereocenters. The number of hydrogen-bond acceptors (Lipinski definition) is 2. The highest BCUT2D eigenvalue weighted by molar-refractivity contribution is 5.21. The van der Waals surface area contributed by atoms with Gasteiger partial charge in [-0.3, -0.25) is 4.98 Å². The SMILES string of the molecule is CCCNC(Cc1ccccn1)Cc1c(F)cccc1F. The third kappa shape index (κ3) is 4.60. The van der Waals surface area contributed by atoms with Crippen LogP contribution in [-0.2, 0) is 12.8 Å². The molecule has 0 aliphatic carbocycles. The molecule has 0 saturated heterocycles. The number of rotatable bonds is 7. The van der Waals surface area contributed by atoms with Gasteiger partial charge in [-0.25, -0.2) is 8.78 Å². The third-order valence-corrected chi connectivity index (χ3v) is 3.38. The molecule has 0 spiro atoms. The highest BCUT2D eigenvalue weighted by Crippen LogP contribution is 2.15. The molecule has 0 saturated carbocycles. The van der Waals surface area contributed by atoms with Crippen LogP contribution in [0.2, 0.25) is 0 Å². The van der Waals surface area contributed by atoms with Gasteiger partial charge < -0.3 is 5.32 Å². The van der Waals surface area contributed by atoms with Gasteiger partial charge in [0.25, 0.3) is 0 Å². The molecule has 1 unspecified atom stereocenters. The van der Waals surface area contributed by atoms with Gasteiger partial charge in [-0.05, 0) is 43.7 Å². The zero-order chi connectivity index (χ0) is 15.1. The van der Waals surface area contributed by atoms with E-state index in [0.717, 1.165) is 18.7 Å². The number of nitrogens with zero attached hydrogens (tertiary/aromatic N) is 1. The van der Waals surface area contributed by atoms with E-state index in [-0.39, 0.29) is 11.6 Å². The van der Waals surface area contributed by atoms with E-state index in [4.69, 9.17) is 0 Å². The highest BCUT2D eigenvalue weighted by Gasteiger charge is 2.16. The molecule has 1 aromatic carbocycles. The predicted molar refractivity (Wildman–Crippen MR) is 80.1 cm³/mol. The van der Waals surface area contributed by atoms with Gasteiger partial charge in [-0.1, -0.05) is 19.1 Å². The summed E-state index contributed by atoms with van der Waals surface area (Å²) in [7, 11) is 0. The Morgan fingerprint density at radius 3 is 2.43 bits per heavy atom. The van der Waals surface area contributed by atoms with Crippen LogP contribution in [0.3, 0.4) is 0 Å². The number of hydrogen-bond donors (Lipinski definition) is 1. The van der Waals surface area contributed by atoms with E-state index in [9.17, 15) is 8.78 Å². The molecule has 1 heterocycles. The molecule has 4 heteroatoms. The van der Waals surface area contributed by atoms with Gasteiger partial charge in [0, 0.05) is 29.9 Å². The molecule has 2 rings (SSSR count). The van der Waals surface area contributed by atoms with E-state index < -0.39 is 11.6 Å². The van der Waals surface area contributed by atoms with Gasteiger partial charge in [-0.2, -0.15) is 0 Å². The largest absolute Gasteiger partial charge is 0.313 e. The van der Waals surface area contributed by atoms with Crippen LogP contribution in [0.1, 0.15) is 24.6 Å². The summed E-state index contributed by atoms with van der Waals surface area (Å²) in [5, 5.41) is 3.35. The summed E-state index contributed by atoms with van der Waals surface area (Å²) in [5.41, 5.74) is 1.06. The Hall–Kier alpha value is -1.81. The molecule has 0 aliphatic heterocycles. The second-order valence-electron chi connectivity index (χ2n) is 5.08. The second-order valence-corrected chi connectivity index (χ2v) is 5.08. The number of nitrogens with one attached hydrogen (secondary N) is 1. The first kappa shape index (κ1) is 15.6. The fourth-order valence-corrected chi connectivity index (χ4v) is 2.31. The van der Waals surface area contributed by atoms with Crippen molar-refractivity contribution in [3.63, 3.8) is 0 Å². The summed E-state index contributed by atoms with van der Waals surface area (Å²) < 4.78 is 27.6. The molecule has 1 aromatic heterocycles. The van der Waals surface area contributed by atoms with Crippen molar-refractivity contribution in [1.82, 2.24) is 10.3 Å². The van der Waals surface area contributed by atoms with Gasteiger partial charge in [0.15, 0.2) is 0 Å². The van der Waals surface area contributed by atoms with Crippen molar-refractivity contribution in [3.05, 3.63) is 65.5 Å². The Morgan fingerprint density at radius 2 is 1.81 bits per heavy atom. The summed E-state index contributed by atoms with van der Waals surface area (Å²) in [5.74, 6) is -0.973. The molecule has 0 aliphatic rings. The zero-order valence-electron chi connectivity index (χ0n) is 12.2. The van der Waals surface area contributed by atoms with Gasteiger partial charge in [0.05, 0.1) is 0 Å². The average molecular weight is 290 g/mol. The van der Waals surface area contributed by atoms with Crippen LogP contribution in [0.15, 0.2) is 42.6 Å². The first-order chi connectivity index (χ1) is 10.2. The fraction of sp³-hybridized carbons (Fsp3) is 0.353. The Bertz CT molecular complexity index is 538. The summed E-state index contributed by atoms with van der Waals surface area (Å²) in [6.07, 6.45) is 3.66. The van der Waals surface area contributed by atoms with Gasteiger partial charge in [0.1, 0.15) is 11.6 Å². The predicted octanol–water partition coefficient (Wildman–Crippen LogP) is 3.51. The van der Waals surface area contributed by atoms with Crippen LogP contribution < -0.4 is 5.32 Å². The highest BCUT2D eigenvalue weighted by atomic mass is 19.1. The normalized spacial score (nSPS) is 12.3. The Kier molecular flexibility index (Phi) is 5.81. The van der Waals surface area contributed by atoms with E-state index in [2.05, 4.69) is 17.2 Å². The van der Waals surface area contributed by atoms with Crippen LogP contribution >= 0.6 is 0 Å². The Morgan fingerprint density at radius 1 is 1.05 bits per heavy atom. The maximum atomic E-state index is 13.8. The maximum absolute atomic E-state index is 13.8. The number of benzene rings is 1. The van der Waals surface area contributed by atoms with E-state index in [0.29, 0.717) is 12.8 Å². The number of aromatic nitrogens is 1. The van der Waals surface area contributed by atoms with E-state index >= 15 is 0 Å². The Labute approximate surface area is 124 Å². The van der Waals surface area contributed by atoms with Gasteiger partial charge in [-0.15, -0.1) is 0 Å². The number of pyridine rings is 1. The van der Waals surface area contributed by atoms with Crippen molar-refractivity contribution in [1.29, 1.82) is 0 Å². The fourth-order valence-electron chi connectivity index (χ4n) is 2.31. The molecular weight excluding hydrogens is 270 g/mol. The topological polar surface area (TPSA) is 24.9 Å². The van der Waals surface area contributed by atoms with Crippen molar-refractivity contribution in [2.45, 2.75) is 32.2 Å². The lowest BCUT2D eigenvalue weighted by Gasteiger charge is -2.19. The third-order valence-electron chi connectivity index (χ3n) is 3.38. The monoisotopic (exact) mass is 290 g/mol. The molecule has 2 nitrogen and oxygen atoms in total. The smallest absolute Gasteiger partial charge is 0.129 e. The first-order valence-electron chi connectivity index (χ1n) is 7.27. The van der Waals surface area contributed by atoms with Crippen LogP contribution in [0.4, 0.5) is 8.78 Å². The molecule has 2 aromatic rings. The number of halogens is 2. The average Bonchev–Trinajstić information content (AvgIpc) is 2.49. The van der Waals surface area contributed by atoms with Crippen molar-refractivity contribution in [3.8, 4) is 0 Å². The van der Waals surface area contributed by atoms with Crippen LogP contribution in [0, 0.1) is 11.6 Å². The molecule has 0 amide bonds. The van der Waals surface area contributed by atoms with Gasteiger partial charge >= 0.3 is 0 Å². The van der Waals surface area contributed by atoms with E-state index in [1.807, 2.05) is 18.2 Å². The van der Waals surface area contributed by atoms with Crippen LogP contribution in [-0.4, -0.2) is 17.6 Å². The summed E-state index contributed by atoms with van der Waals surface area (Å²) in [4.78, 5) is 4.29. The molecule has 21 heavy (non-hydrogen) atoms. The first-order valence-corrected chi connectivity index (χ1v) is 7.27. The standard InChI is InChI=1S/C17H20F2N2/c1-2-9-20-14(11-13-6-3-4-10-21-13)12-15-16(18)7-5-8-17(15)19/h3-8,10,14,20H,2,9,11-12H2,1H3. The van der Waals surface area contributed by atoms with Crippen molar-refractivity contribution in [2.75, 3.05) is 6.54 Å². The molecule has 0 fully saturated rings. The van der Waals surface area contributed by atoms with Crippen LogP contribution in [0.5, 0.6) is 0 Å². The van der Waals surface area contributed by atoms with E-state index in [1.54, 1.807) is 6.20 Å². The van der Waals surface area contributed by atoms with E-state index in [1.165, 1.54) is 18.2 Å². The minimum Gasteiger partial charge on any atom is -0.313 e. The minimum atomic E-state index is -0.487.